The Kier molecular flexibility index (Phi) is 6.97. The average Bonchev–Trinajstić information content (AvgIpc) is 3.08. The minimum Gasteiger partial charge on any atom is -0.480 e. The van der Waals surface area contributed by atoms with Gasteiger partial charge in [0.2, 0.25) is 0 Å². The second-order valence-corrected chi connectivity index (χ2v) is 9.10. The van der Waals surface area contributed by atoms with Gasteiger partial charge in [-0.25, -0.2) is 4.79 Å². The number of aliphatic hydroxyl groups is 1. The van der Waals surface area contributed by atoms with Crippen LogP contribution in [0.25, 0.3) is 0 Å². The molecule has 12 heteroatoms. The third-order valence-corrected chi connectivity index (χ3v) is 6.42. The van der Waals surface area contributed by atoms with E-state index in [2.05, 4.69) is 16.6 Å². The molecule has 0 radical (unpaired) electrons. The number of carbonyl (C=O) groups excluding carboxylic acids is 2. The molecule has 1 aliphatic carbocycles. The van der Waals surface area contributed by atoms with E-state index in [1.54, 1.807) is 18.2 Å². The zero-order valence-electron chi connectivity index (χ0n) is 18.0. The Balaban J connectivity index is 1.20. The number of alkyl halides is 3. The van der Waals surface area contributed by atoms with Crippen molar-refractivity contribution in [3.8, 4) is 5.75 Å². The van der Waals surface area contributed by atoms with Gasteiger partial charge in [-0.15, -0.1) is 13.2 Å². The number of hydrogen-bond acceptors (Lipinski definition) is 6. The van der Waals surface area contributed by atoms with Gasteiger partial charge in [0.25, 0.3) is 5.91 Å². The van der Waals surface area contributed by atoms with E-state index >= 15 is 0 Å². The maximum atomic E-state index is 12.6. The number of hydrogen-bond donors (Lipinski definition) is 2. The molecule has 8 nitrogen and oxygen atoms in total. The fourth-order valence-corrected chi connectivity index (χ4v) is 4.50. The fourth-order valence-electron chi connectivity index (χ4n) is 4.32. The lowest BCUT2D eigenvalue weighted by molar-refractivity contribution is -0.355. The first-order valence-corrected chi connectivity index (χ1v) is 11.2. The summed E-state index contributed by atoms with van der Waals surface area (Å²) in [6.07, 6.45) is -7.80. The topological polar surface area (TPSA) is 97.3 Å². The summed E-state index contributed by atoms with van der Waals surface area (Å²) in [6, 6.07) is 4.77. The standard InChI is InChI=1S/C22H24ClF3N2O6/c1-11(27-20(30)18-9-16(29)15-8-13(23)2-3-17(15)32-18)4-5-28-10-19(33-21(28)31)12-6-14(7-12)34-22(24,25)26/h2-3,8,12,14,16,18-19,29H,1,4-7,9-10H2,(H,27,30)/t12?,14?,16-,18+,19?/m1/s1. The van der Waals surface area contributed by atoms with Crippen LogP contribution in [0.2, 0.25) is 5.02 Å². The monoisotopic (exact) mass is 504 g/mol. The van der Waals surface area contributed by atoms with E-state index in [0.717, 1.165) is 0 Å². The van der Waals surface area contributed by atoms with Crippen LogP contribution in [0.4, 0.5) is 18.0 Å². The molecule has 1 saturated heterocycles. The SMILES string of the molecule is C=C(CCN1CC(C2CC(OC(F)(F)F)C2)OC1=O)NC(=O)[C@@H]1C[C@@H](O)c2cc(Cl)ccc2O1. The number of benzene rings is 1. The summed E-state index contributed by atoms with van der Waals surface area (Å²) in [5.41, 5.74) is 0.865. The van der Waals surface area contributed by atoms with Crippen molar-refractivity contribution < 1.29 is 42.1 Å². The van der Waals surface area contributed by atoms with Gasteiger partial charge >= 0.3 is 12.5 Å². The van der Waals surface area contributed by atoms with Crippen molar-refractivity contribution in [3.05, 3.63) is 41.1 Å². The van der Waals surface area contributed by atoms with Gasteiger partial charge in [0, 0.05) is 41.6 Å². The molecule has 4 rings (SSSR count). The van der Waals surface area contributed by atoms with Crippen LogP contribution in [0.3, 0.4) is 0 Å². The van der Waals surface area contributed by atoms with Crippen molar-refractivity contribution >= 4 is 23.6 Å². The van der Waals surface area contributed by atoms with Gasteiger partial charge in [-0.1, -0.05) is 18.2 Å². The van der Waals surface area contributed by atoms with Gasteiger partial charge in [-0.3, -0.25) is 9.53 Å². The number of amides is 2. The van der Waals surface area contributed by atoms with Crippen LogP contribution in [-0.2, 0) is 14.3 Å². The lowest BCUT2D eigenvalue weighted by Gasteiger charge is -2.37. The number of halogens is 4. The van der Waals surface area contributed by atoms with Crippen LogP contribution in [0, 0.1) is 5.92 Å². The van der Waals surface area contributed by atoms with Crippen LogP contribution in [-0.4, -0.2) is 59.8 Å². The predicted octanol–water partition coefficient (Wildman–Crippen LogP) is 3.68. The highest BCUT2D eigenvalue weighted by Crippen LogP contribution is 2.39. The zero-order chi connectivity index (χ0) is 24.6. The van der Waals surface area contributed by atoms with E-state index < -0.39 is 42.8 Å². The van der Waals surface area contributed by atoms with E-state index in [9.17, 15) is 27.9 Å². The molecule has 0 aromatic heterocycles. The number of carbonyl (C=O) groups is 2. The van der Waals surface area contributed by atoms with E-state index in [-0.39, 0.29) is 44.7 Å². The molecule has 34 heavy (non-hydrogen) atoms. The summed E-state index contributed by atoms with van der Waals surface area (Å²) < 4.78 is 51.7. The summed E-state index contributed by atoms with van der Waals surface area (Å²) in [5, 5.41) is 13.4. The fraction of sp³-hybridized carbons (Fsp3) is 0.545. The number of fused-ring (bicyclic) bond motifs is 1. The molecule has 2 amide bonds. The van der Waals surface area contributed by atoms with E-state index in [1.807, 2.05) is 0 Å². The van der Waals surface area contributed by atoms with Gasteiger partial charge in [0.1, 0.15) is 11.9 Å². The third kappa shape index (κ3) is 5.76. The number of nitrogens with zero attached hydrogens (tertiary/aromatic N) is 1. The first-order chi connectivity index (χ1) is 16.0. The maximum Gasteiger partial charge on any atom is 0.522 e. The minimum absolute atomic E-state index is 0.0486. The first kappa shape index (κ1) is 24.6. The van der Waals surface area contributed by atoms with Gasteiger partial charge in [0.15, 0.2) is 6.10 Å². The van der Waals surface area contributed by atoms with Crippen LogP contribution in [0.5, 0.6) is 5.75 Å². The van der Waals surface area contributed by atoms with Gasteiger partial charge in [-0.2, -0.15) is 0 Å². The number of cyclic esters (lactones) is 1. The molecule has 1 aromatic carbocycles. The summed E-state index contributed by atoms with van der Waals surface area (Å²) in [6.45, 7) is 4.28. The molecule has 0 bridgehead atoms. The van der Waals surface area contributed by atoms with Crippen LogP contribution >= 0.6 is 11.6 Å². The lowest BCUT2D eigenvalue weighted by atomic mass is 9.78. The van der Waals surface area contributed by atoms with Crippen LogP contribution < -0.4 is 10.1 Å². The molecule has 1 aromatic rings. The Hall–Kier alpha value is -2.50. The largest absolute Gasteiger partial charge is 0.522 e. The number of aliphatic hydroxyl groups excluding tert-OH is 1. The average molecular weight is 505 g/mol. The first-order valence-electron chi connectivity index (χ1n) is 10.8. The van der Waals surface area contributed by atoms with Crippen molar-refractivity contribution in [2.45, 2.75) is 56.5 Å². The van der Waals surface area contributed by atoms with E-state index in [1.165, 1.54) is 4.90 Å². The summed E-state index contributed by atoms with van der Waals surface area (Å²) >= 11 is 5.93. The normalized spacial score (nSPS) is 28.4. The van der Waals surface area contributed by atoms with E-state index in [0.29, 0.717) is 22.0 Å². The van der Waals surface area contributed by atoms with Crippen molar-refractivity contribution in [1.82, 2.24) is 10.2 Å². The Morgan fingerprint density at radius 2 is 2.03 bits per heavy atom. The van der Waals surface area contributed by atoms with Crippen molar-refractivity contribution in [3.63, 3.8) is 0 Å². The zero-order valence-corrected chi connectivity index (χ0v) is 18.8. The second-order valence-electron chi connectivity index (χ2n) is 8.67. The molecule has 2 heterocycles. The highest BCUT2D eigenvalue weighted by atomic mass is 35.5. The number of nitrogens with one attached hydrogen (secondary N) is 1. The Morgan fingerprint density at radius 1 is 1.29 bits per heavy atom. The van der Waals surface area contributed by atoms with Gasteiger partial charge < -0.3 is 24.8 Å². The molecule has 2 fully saturated rings. The predicted molar refractivity (Wildman–Crippen MR) is 113 cm³/mol. The molecular formula is C22H24ClF3N2O6. The third-order valence-electron chi connectivity index (χ3n) is 6.18. The lowest BCUT2D eigenvalue weighted by Crippen LogP contribution is -2.43. The molecule has 1 unspecified atom stereocenters. The molecule has 3 aliphatic rings. The number of ether oxygens (including phenoxy) is 3. The summed E-state index contributed by atoms with van der Waals surface area (Å²) in [7, 11) is 0. The molecular weight excluding hydrogens is 481 g/mol. The van der Waals surface area contributed by atoms with Crippen molar-refractivity contribution in [2.75, 3.05) is 13.1 Å². The van der Waals surface area contributed by atoms with Gasteiger partial charge in [-0.05, 0) is 31.0 Å². The Labute approximate surface area is 198 Å². The minimum atomic E-state index is -4.67. The van der Waals surface area contributed by atoms with Crippen LogP contribution in [0.15, 0.2) is 30.5 Å². The highest BCUT2D eigenvalue weighted by Gasteiger charge is 2.46. The maximum absolute atomic E-state index is 12.6. The molecule has 1 saturated carbocycles. The Morgan fingerprint density at radius 3 is 2.74 bits per heavy atom. The second kappa shape index (κ2) is 9.63. The van der Waals surface area contributed by atoms with Crippen molar-refractivity contribution in [1.29, 1.82) is 0 Å². The number of rotatable bonds is 7. The van der Waals surface area contributed by atoms with Gasteiger partial charge in [0.05, 0.1) is 18.8 Å². The van der Waals surface area contributed by atoms with Crippen LogP contribution in [0.1, 0.15) is 37.4 Å². The molecule has 0 spiro atoms. The van der Waals surface area contributed by atoms with Crippen molar-refractivity contribution in [2.24, 2.45) is 5.92 Å². The molecule has 3 atom stereocenters. The Bertz CT molecular complexity index is 968. The smallest absolute Gasteiger partial charge is 0.480 e. The van der Waals surface area contributed by atoms with E-state index in [4.69, 9.17) is 21.1 Å². The quantitative estimate of drug-likeness (QED) is 0.588. The molecule has 2 aliphatic heterocycles. The molecule has 2 N–H and O–H groups in total. The summed E-state index contributed by atoms with van der Waals surface area (Å²) in [4.78, 5) is 26.1. The molecule has 186 valence electrons. The summed E-state index contributed by atoms with van der Waals surface area (Å²) in [5.74, 6) is -0.285. The highest BCUT2D eigenvalue weighted by molar-refractivity contribution is 6.30.